The summed E-state index contributed by atoms with van der Waals surface area (Å²) in [5, 5.41) is 2.13. The summed E-state index contributed by atoms with van der Waals surface area (Å²) in [4.78, 5) is 1.29. The quantitative estimate of drug-likeness (QED) is 0.625. The van der Waals surface area contributed by atoms with Crippen LogP contribution in [0.25, 0.3) is 0 Å². The minimum Gasteiger partial charge on any atom is -0.271 e. The van der Waals surface area contributed by atoms with Gasteiger partial charge in [-0.2, -0.15) is 0 Å². The van der Waals surface area contributed by atoms with E-state index in [1.165, 1.54) is 10.4 Å². The van der Waals surface area contributed by atoms with Crippen molar-refractivity contribution in [3.05, 3.63) is 54.6 Å². The first-order chi connectivity index (χ1) is 8.10. The first-order valence-corrected chi connectivity index (χ1v) is 7.54. The highest BCUT2D eigenvalue weighted by molar-refractivity contribution is 9.11. The van der Waals surface area contributed by atoms with Gasteiger partial charge in [-0.25, -0.2) is 5.43 Å². The van der Waals surface area contributed by atoms with E-state index in [1.807, 2.05) is 6.07 Å². The van der Waals surface area contributed by atoms with Crippen molar-refractivity contribution >= 4 is 43.2 Å². The molecule has 1 atom stereocenters. The summed E-state index contributed by atoms with van der Waals surface area (Å²) in [6.45, 7) is 2.10. The van der Waals surface area contributed by atoms with Crippen LogP contribution in [0.5, 0.6) is 0 Å². The van der Waals surface area contributed by atoms with E-state index in [4.69, 9.17) is 5.84 Å². The van der Waals surface area contributed by atoms with Crippen LogP contribution in [0, 0.1) is 6.92 Å². The summed E-state index contributed by atoms with van der Waals surface area (Å²) in [5.74, 6) is 5.67. The van der Waals surface area contributed by atoms with Crippen LogP contribution >= 0.6 is 43.2 Å². The standard InChI is InChI=1S/C12H12Br2N2S/c1-7-2-9(6-17-7)12(16-15)8-3-10(13)5-11(14)4-8/h2-6,12,16H,15H2,1H3. The summed E-state index contributed by atoms with van der Waals surface area (Å²) in [7, 11) is 0. The predicted octanol–water partition coefficient (Wildman–Crippen LogP) is 4.13. The van der Waals surface area contributed by atoms with Crippen LogP contribution in [0.3, 0.4) is 0 Å². The Morgan fingerprint density at radius 1 is 1.12 bits per heavy atom. The molecule has 2 nitrogen and oxygen atoms in total. The van der Waals surface area contributed by atoms with E-state index in [2.05, 4.69) is 67.8 Å². The van der Waals surface area contributed by atoms with Gasteiger partial charge in [-0.05, 0) is 47.7 Å². The van der Waals surface area contributed by atoms with Crippen molar-refractivity contribution in [2.24, 2.45) is 5.84 Å². The normalized spacial score (nSPS) is 12.7. The zero-order valence-electron chi connectivity index (χ0n) is 9.21. The summed E-state index contributed by atoms with van der Waals surface area (Å²) in [5.41, 5.74) is 5.19. The van der Waals surface area contributed by atoms with Crippen molar-refractivity contribution in [2.45, 2.75) is 13.0 Å². The SMILES string of the molecule is Cc1cc(C(NN)c2cc(Br)cc(Br)c2)cs1. The van der Waals surface area contributed by atoms with Gasteiger partial charge in [-0.1, -0.05) is 31.9 Å². The highest BCUT2D eigenvalue weighted by Gasteiger charge is 2.14. The molecule has 0 saturated heterocycles. The van der Waals surface area contributed by atoms with Gasteiger partial charge in [0.25, 0.3) is 0 Å². The van der Waals surface area contributed by atoms with Crippen molar-refractivity contribution in [2.75, 3.05) is 0 Å². The van der Waals surface area contributed by atoms with Gasteiger partial charge in [0.15, 0.2) is 0 Å². The molecular formula is C12H12Br2N2S. The molecule has 1 heterocycles. The molecule has 1 aromatic carbocycles. The zero-order chi connectivity index (χ0) is 12.4. The van der Waals surface area contributed by atoms with Crippen molar-refractivity contribution in [3.8, 4) is 0 Å². The van der Waals surface area contributed by atoms with Gasteiger partial charge in [0.2, 0.25) is 0 Å². The number of thiophene rings is 1. The van der Waals surface area contributed by atoms with Gasteiger partial charge in [-0.15, -0.1) is 11.3 Å². The minimum absolute atomic E-state index is 0.0220. The molecule has 0 spiro atoms. The maximum Gasteiger partial charge on any atom is 0.0719 e. The van der Waals surface area contributed by atoms with Gasteiger partial charge in [0.05, 0.1) is 6.04 Å². The number of benzene rings is 1. The molecule has 0 bridgehead atoms. The molecule has 3 N–H and O–H groups in total. The lowest BCUT2D eigenvalue weighted by Crippen LogP contribution is -2.28. The van der Waals surface area contributed by atoms with E-state index in [0.717, 1.165) is 14.5 Å². The monoisotopic (exact) mass is 374 g/mol. The lowest BCUT2D eigenvalue weighted by molar-refractivity contribution is 0.638. The molecule has 0 radical (unpaired) electrons. The van der Waals surface area contributed by atoms with E-state index >= 15 is 0 Å². The van der Waals surface area contributed by atoms with Crippen LogP contribution in [-0.2, 0) is 0 Å². The Balaban J connectivity index is 2.41. The second-order valence-electron chi connectivity index (χ2n) is 3.79. The zero-order valence-corrected chi connectivity index (χ0v) is 13.2. The molecule has 0 aliphatic rings. The molecule has 1 aromatic heterocycles. The Hall–Kier alpha value is -0.200. The fraction of sp³-hybridized carbons (Fsp3) is 0.167. The van der Waals surface area contributed by atoms with Gasteiger partial charge in [0.1, 0.15) is 0 Å². The fourth-order valence-electron chi connectivity index (χ4n) is 1.74. The molecule has 0 aliphatic carbocycles. The van der Waals surface area contributed by atoms with E-state index in [-0.39, 0.29) is 6.04 Å². The first kappa shape index (κ1) is 13.2. The van der Waals surface area contributed by atoms with Gasteiger partial charge >= 0.3 is 0 Å². The molecular weight excluding hydrogens is 364 g/mol. The number of nitrogens with one attached hydrogen (secondary N) is 1. The topological polar surface area (TPSA) is 38.0 Å². The maximum atomic E-state index is 5.67. The minimum atomic E-state index is 0.0220. The Morgan fingerprint density at radius 3 is 2.24 bits per heavy atom. The number of hydrogen-bond acceptors (Lipinski definition) is 3. The molecule has 90 valence electrons. The van der Waals surface area contributed by atoms with Crippen LogP contribution in [0.1, 0.15) is 22.0 Å². The van der Waals surface area contributed by atoms with Gasteiger partial charge < -0.3 is 0 Å². The Kier molecular flexibility index (Phi) is 4.38. The third-order valence-electron chi connectivity index (χ3n) is 2.47. The maximum absolute atomic E-state index is 5.67. The molecule has 0 amide bonds. The third-order valence-corrected chi connectivity index (χ3v) is 4.26. The molecule has 0 aliphatic heterocycles. The largest absolute Gasteiger partial charge is 0.271 e. The first-order valence-electron chi connectivity index (χ1n) is 5.07. The van der Waals surface area contributed by atoms with E-state index in [0.29, 0.717) is 0 Å². The van der Waals surface area contributed by atoms with Crippen LogP contribution in [0.15, 0.2) is 38.6 Å². The number of aryl methyl sites for hydroxylation is 1. The highest BCUT2D eigenvalue weighted by atomic mass is 79.9. The summed E-state index contributed by atoms with van der Waals surface area (Å²) >= 11 is 8.72. The number of hydrogen-bond donors (Lipinski definition) is 2. The molecule has 2 rings (SSSR count). The van der Waals surface area contributed by atoms with Crippen molar-refractivity contribution in [1.82, 2.24) is 5.43 Å². The van der Waals surface area contributed by atoms with Crippen LogP contribution in [-0.4, -0.2) is 0 Å². The third kappa shape index (κ3) is 3.17. The van der Waals surface area contributed by atoms with Gasteiger partial charge in [0, 0.05) is 13.8 Å². The molecule has 1 unspecified atom stereocenters. The van der Waals surface area contributed by atoms with Crippen LogP contribution in [0.4, 0.5) is 0 Å². The molecule has 2 aromatic rings. The summed E-state index contributed by atoms with van der Waals surface area (Å²) in [6.07, 6.45) is 0. The van der Waals surface area contributed by atoms with Crippen LogP contribution in [0.2, 0.25) is 0 Å². The molecule has 0 saturated carbocycles. The second-order valence-corrected chi connectivity index (χ2v) is 6.74. The number of halogens is 2. The fourth-order valence-corrected chi connectivity index (χ4v) is 3.80. The smallest absolute Gasteiger partial charge is 0.0719 e. The molecule has 0 fully saturated rings. The van der Waals surface area contributed by atoms with E-state index in [1.54, 1.807) is 11.3 Å². The molecule has 17 heavy (non-hydrogen) atoms. The lowest BCUT2D eigenvalue weighted by atomic mass is 10.0. The number of rotatable bonds is 3. The Morgan fingerprint density at radius 2 is 1.76 bits per heavy atom. The second kappa shape index (κ2) is 5.63. The van der Waals surface area contributed by atoms with E-state index in [9.17, 15) is 0 Å². The van der Waals surface area contributed by atoms with E-state index < -0.39 is 0 Å². The van der Waals surface area contributed by atoms with Crippen molar-refractivity contribution in [1.29, 1.82) is 0 Å². The number of hydrazine groups is 1. The molecule has 5 heteroatoms. The van der Waals surface area contributed by atoms with Crippen molar-refractivity contribution < 1.29 is 0 Å². The van der Waals surface area contributed by atoms with Crippen LogP contribution < -0.4 is 11.3 Å². The average Bonchev–Trinajstić information content (AvgIpc) is 2.64. The lowest BCUT2D eigenvalue weighted by Gasteiger charge is -2.16. The predicted molar refractivity (Wildman–Crippen MR) is 80.1 cm³/mol. The number of nitrogens with two attached hydrogens (primary N) is 1. The van der Waals surface area contributed by atoms with Gasteiger partial charge in [-0.3, -0.25) is 5.84 Å². The average molecular weight is 376 g/mol. The Bertz CT molecular complexity index is 505. The summed E-state index contributed by atoms with van der Waals surface area (Å²) < 4.78 is 2.07. The highest BCUT2D eigenvalue weighted by Crippen LogP contribution is 2.29. The Labute approximate surface area is 121 Å². The van der Waals surface area contributed by atoms with Crippen molar-refractivity contribution in [3.63, 3.8) is 0 Å². The summed E-state index contributed by atoms with van der Waals surface area (Å²) in [6, 6.07) is 8.33.